The van der Waals surface area contributed by atoms with Gasteiger partial charge in [0.25, 0.3) is 0 Å². The Morgan fingerprint density at radius 2 is 2.50 bits per heavy atom. The van der Waals surface area contributed by atoms with Crippen LogP contribution in [0.1, 0.15) is 13.3 Å². The molecule has 1 rings (SSSR count). The molecule has 1 saturated heterocycles. The summed E-state index contributed by atoms with van der Waals surface area (Å²) in [5, 5.41) is 11.9. The van der Waals surface area contributed by atoms with Crippen molar-refractivity contribution in [3.05, 3.63) is 0 Å². The molecule has 4 heteroatoms. The Hall–Kier alpha value is -0.610. The first-order valence-corrected chi connectivity index (χ1v) is 4.34. The summed E-state index contributed by atoms with van der Waals surface area (Å²) in [4.78, 5) is 12.8. The third-order valence-corrected chi connectivity index (χ3v) is 2.22. The molecule has 1 unspecified atom stereocenters. The lowest BCUT2D eigenvalue weighted by Gasteiger charge is -2.26. The van der Waals surface area contributed by atoms with Gasteiger partial charge in [0.1, 0.15) is 0 Å². The number of hydrogen-bond donors (Lipinski definition) is 2. The minimum Gasteiger partial charge on any atom is -0.395 e. The zero-order valence-electron chi connectivity index (χ0n) is 7.42. The summed E-state index contributed by atoms with van der Waals surface area (Å²) in [5.74, 6) is 0.0535. The zero-order chi connectivity index (χ0) is 8.97. The van der Waals surface area contributed by atoms with Crippen LogP contribution in [0.3, 0.4) is 0 Å². The summed E-state index contributed by atoms with van der Waals surface area (Å²) in [6, 6.07) is 0.287. The van der Waals surface area contributed by atoms with Crippen molar-refractivity contribution < 1.29 is 9.90 Å². The van der Waals surface area contributed by atoms with Gasteiger partial charge in [0.2, 0.25) is 5.91 Å². The Morgan fingerprint density at radius 3 is 2.92 bits per heavy atom. The number of carbonyl (C=O) groups excluding carboxylic acids is 1. The molecule has 0 aromatic carbocycles. The number of carbonyl (C=O) groups is 1. The highest BCUT2D eigenvalue weighted by atomic mass is 16.3. The van der Waals surface area contributed by atoms with Crippen molar-refractivity contribution in [2.75, 3.05) is 26.2 Å². The first-order chi connectivity index (χ1) is 5.75. The standard InChI is InChI=1S/C8H16N2O2/c1-7(12)10(4-5-11)8-2-3-9-6-8/h8-9,11H,2-6H2,1H3. The van der Waals surface area contributed by atoms with Crippen molar-refractivity contribution >= 4 is 5.91 Å². The highest BCUT2D eigenvalue weighted by Gasteiger charge is 2.23. The summed E-state index contributed by atoms with van der Waals surface area (Å²) in [5.41, 5.74) is 0. The van der Waals surface area contributed by atoms with Crippen molar-refractivity contribution in [1.82, 2.24) is 10.2 Å². The maximum absolute atomic E-state index is 11.1. The van der Waals surface area contributed by atoms with Crippen molar-refractivity contribution in [2.24, 2.45) is 0 Å². The van der Waals surface area contributed by atoms with Crippen molar-refractivity contribution in [1.29, 1.82) is 0 Å². The van der Waals surface area contributed by atoms with Crippen LogP contribution in [0.5, 0.6) is 0 Å². The Morgan fingerprint density at radius 1 is 1.75 bits per heavy atom. The minimum absolute atomic E-state index is 0.0517. The molecular weight excluding hydrogens is 156 g/mol. The van der Waals surface area contributed by atoms with E-state index < -0.39 is 0 Å². The average Bonchev–Trinajstić information content (AvgIpc) is 2.51. The topological polar surface area (TPSA) is 52.6 Å². The number of aliphatic hydroxyl groups is 1. The number of aliphatic hydroxyl groups excluding tert-OH is 1. The van der Waals surface area contributed by atoms with Crippen LogP contribution in [0.15, 0.2) is 0 Å². The lowest BCUT2D eigenvalue weighted by atomic mass is 10.2. The Bertz CT molecular complexity index is 155. The van der Waals surface area contributed by atoms with Gasteiger partial charge in [-0.3, -0.25) is 4.79 Å². The molecule has 0 bridgehead atoms. The second-order valence-electron chi connectivity index (χ2n) is 3.08. The maximum atomic E-state index is 11.1. The van der Waals surface area contributed by atoms with Crippen molar-refractivity contribution in [3.8, 4) is 0 Å². The predicted octanol–water partition coefficient (Wildman–Crippen LogP) is -0.811. The van der Waals surface area contributed by atoms with Crippen molar-refractivity contribution in [3.63, 3.8) is 0 Å². The van der Waals surface area contributed by atoms with Gasteiger partial charge in [-0.25, -0.2) is 0 Å². The van der Waals surface area contributed by atoms with Gasteiger partial charge < -0.3 is 15.3 Å². The summed E-state index contributed by atoms with van der Waals surface area (Å²) < 4.78 is 0. The molecule has 0 radical (unpaired) electrons. The van der Waals surface area contributed by atoms with Gasteiger partial charge in [0, 0.05) is 26.1 Å². The molecule has 0 aromatic rings. The molecule has 1 heterocycles. The van der Waals surface area contributed by atoms with Crippen LogP contribution in [-0.2, 0) is 4.79 Å². The van der Waals surface area contributed by atoms with Crippen LogP contribution < -0.4 is 5.32 Å². The first-order valence-electron chi connectivity index (χ1n) is 4.34. The van der Waals surface area contributed by atoms with E-state index in [0.29, 0.717) is 6.54 Å². The largest absolute Gasteiger partial charge is 0.395 e. The van der Waals surface area contributed by atoms with Gasteiger partial charge in [-0.15, -0.1) is 0 Å². The molecule has 0 aliphatic carbocycles. The quantitative estimate of drug-likeness (QED) is 0.585. The Balaban J connectivity index is 2.45. The molecular formula is C8H16N2O2. The molecule has 0 aromatic heterocycles. The fraction of sp³-hybridized carbons (Fsp3) is 0.875. The molecule has 12 heavy (non-hydrogen) atoms. The van der Waals surface area contributed by atoms with Crippen LogP contribution >= 0.6 is 0 Å². The van der Waals surface area contributed by atoms with Gasteiger partial charge >= 0.3 is 0 Å². The normalized spacial score (nSPS) is 22.7. The second-order valence-corrected chi connectivity index (χ2v) is 3.08. The van der Waals surface area contributed by atoms with Gasteiger partial charge in [0.15, 0.2) is 0 Å². The second kappa shape index (κ2) is 4.42. The minimum atomic E-state index is 0.0517. The molecule has 2 N–H and O–H groups in total. The maximum Gasteiger partial charge on any atom is 0.219 e. The fourth-order valence-electron chi connectivity index (χ4n) is 1.61. The Kier molecular flexibility index (Phi) is 3.49. The highest BCUT2D eigenvalue weighted by molar-refractivity contribution is 5.73. The first kappa shape index (κ1) is 9.48. The number of amides is 1. The van der Waals surface area contributed by atoms with Gasteiger partial charge in [0.05, 0.1) is 6.61 Å². The fourth-order valence-corrected chi connectivity index (χ4v) is 1.61. The van der Waals surface area contributed by atoms with E-state index in [-0.39, 0.29) is 18.6 Å². The van der Waals surface area contributed by atoms with E-state index >= 15 is 0 Å². The average molecular weight is 172 g/mol. The molecule has 1 aliphatic rings. The number of nitrogens with zero attached hydrogens (tertiary/aromatic N) is 1. The predicted molar refractivity (Wildman–Crippen MR) is 45.7 cm³/mol. The van der Waals surface area contributed by atoms with E-state index in [1.807, 2.05) is 0 Å². The van der Waals surface area contributed by atoms with Crippen LogP contribution in [0, 0.1) is 0 Å². The highest BCUT2D eigenvalue weighted by Crippen LogP contribution is 2.07. The molecule has 0 spiro atoms. The van der Waals surface area contributed by atoms with Crippen LogP contribution in [-0.4, -0.2) is 48.2 Å². The molecule has 1 amide bonds. The SMILES string of the molecule is CC(=O)N(CCO)C1CCNC1. The van der Waals surface area contributed by atoms with E-state index in [2.05, 4.69) is 5.32 Å². The summed E-state index contributed by atoms with van der Waals surface area (Å²) in [6.45, 7) is 3.89. The van der Waals surface area contributed by atoms with E-state index in [1.54, 1.807) is 11.8 Å². The number of rotatable bonds is 3. The smallest absolute Gasteiger partial charge is 0.219 e. The van der Waals surface area contributed by atoms with Crippen LogP contribution in [0.25, 0.3) is 0 Å². The third kappa shape index (κ3) is 2.19. The molecule has 4 nitrogen and oxygen atoms in total. The zero-order valence-corrected chi connectivity index (χ0v) is 7.42. The summed E-state index contributed by atoms with van der Waals surface area (Å²) in [6.07, 6.45) is 1.000. The van der Waals surface area contributed by atoms with Crippen LogP contribution in [0.2, 0.25) is 0 Å². The molecule has 1 atom stereocenters. The van der Waals surface area contributed by atoms with Crippen LogP contribution in [0.4, 0.5) is 0 Å². The van der Waals surface area contributed by atoms with Gasteiger partial charge in [-0.2, -0.15) is 0 Å². The van der Waals surface area contributed by atoms with E-state index in [0.717, 1.165) is 19.5 Å². The van der Waals surface area contributed by atoms with E-state index in [9.17, 15) is 4.79 Å². The molecule has 1 aliphatic heterocycles. The lowest BCUT2D eigenvalue weighted by Crippen LogP contribution is -2.41. The Labute approximate surface area is 72.6 Å². The summed E-state index contributed by atoms with van der Waals surface area (Å²) in [7, 11) is 0. The summed E-state index contributed by atoms with van der Waals surface area (Å²) >= 11 is 0. The van der Waals surface area contributed by atoms with E-state index in [1.165, 1.54) is 0 Å². The van der Waals surface area contributed by atoms with Gasteiger partial charge in [-0.05, 0) is 13.0 Å². The molecule has 1 fully saturated rings. The third-order valence-electron chi connectivity index (χ3n) is 2.22. The molecule has 0 saturated carbocycles. The van der Waals surface area contributed by atoms with Crippen molar-refractivity contribution in [2.45, 2.75) is 19.4 Å². The number of nitrogens with one attached hydrogen (secondary N) is 1. The monoisotopic (exact) mass is 172 g/mol. The lowest BCUT2D eigenvalue weighted by molar-refractivity contribution is -0.131. The van der Waals surface area contributed by atoms with E-state index in [4.69, 9.17) is 5.11 Å². The molecule has 70 valence electrons. The van der Waals surface area contributed by atoms with Gasteiger partial charge in [-0.1, -0.05) is 0 Å². The number of hydrogen-bond acceptors (Lipinski definition) is 3.